The van der Waals surface area contributed by atoms with Crippen molar-refractivity contribution in [1.82, 2.24) is 15.3 Å². The Morgan fingerprint density at radius 2 is 2.19 bits per heavy atom. The summed E-state index contributed by atoms with van der Waals surface area (Å²) < 4.78 is 0. The van der Waals surface area contributed by atoms with E-state index < -0.39 is 6.10 Å². The predicted octanol–water partition coefficient (Wildman–Crippen LogP) is -0.282. The second-order valence-corrected chi connectivity index (χ2v) is 4.86. The van der Waals surface area contributed by atoms with Gasteiger partial charge in [0, 0.05) is 18.0 Å². The first-order valence-corrected chi connectivity index (χ1v) is 6.31. The van der Waals surface area contributed by atoms with E-state index >= 15 is 0 Å². The first kappa shape index (κ1) is 19.9. The second kappa shape index (κ2) is 8.99. The molecule has 1 aliphatic carbocycles. The fraction of sp³-hybridized carbons (Fsp3) is 0.583. The molecule has 0 aliphatic heterocycles. The van der Waals surface area contributed by atoms with Crippen molar-refractivity contribution in [3.8, 4) is 0 Å². The average molecular weight is 339 g/mol. The zero-order valence-corrected chi connectivity index (χ0v) is 13.0. The number of carbonyl (C=O) groups is 1. The van der Waals surface area contributed by atoms with Crippen LogP contribution < -0.4 is 16.6 Å². The fourth-order valence-corrected chi connectivity index (χ4v) is 2.26. The molecular formula is C12H20Cl2N4O3. The number of aliphatic hydroxyl groups excluding tert-OH is 1. The van der Waals surface area contributed by atoms with Gasteiger partial charge in [-0.3, -0.25) is 9.59 Å². The molecule has 9 heteroatoms. The molecule has 1 saturated carbocycles. The SMILES string of the molecule is Cl.Cl.N[C@@H]1C[C@@H](C(=O)NCc2cc(=O)[nH]cn2)CC[C@H]1O. The number of hydrogen-bond donors (Lipinski definition) is 4. The molecule has 0 bridgehead atoms. The molecule has 1 aromatic heterocycles. The molecule has 21 heavy (non-hydrogen) atoms. The Kier molecular flexibility index (Phi) is 8.50. The minimum Gasteiger partial charge on any atom is -0.392 e. The quantitative estimate of drug-likeness (QED) is 0.603. The van der Waals surface area contributed by atoms with Crippen molar-refractivity contribution in [2.75, 3.05) is 0 Å². The van der Waals surface area contributed by atoms with Gasteiger partial charge in [-0.25, -0.2) is 4.98 Å². The normalized spacial score (nSPS) is 24.4. The second-order valence-electron chi connectivity index (χ2n) is 4.86. The fourth-order valence-electron chi connectivity index (χ4n) is 2.26. The number of aromatic nitrogens is 2. The highest BCUT2D eigenvalue weighted by molar-refractivity contribution is 5.85. The van der Waals surface area contributed by atoms with Crippen LogP contribution in [0.3, 0.4) is 0 Å². The van der Waals surface area contributed by atoms with Crippen molar-refractivity contribution in [3.63, 3.8) is 0 Å². The minimum atomic E-state index is -0.515. The van der Waals surface area contributed by atoms with Crippen LogP contribution in [0.4, 0.5) is 0 Å². The molecule has 1 fully saturated rings. The number of aromatic amines is 1. The van der Waals surface area contributed by atoms with E-state index in [0.717, 1.165) is 0 Å². The summed E-state index contributed by atoms with van der Waals surface area (Å²) in [7, 11) is 0. The zero-order valence-electron chi connectivity index (χ0n) is 11.3. The van der Waals surface area contributed by atoms with Crippen molar-refractivity contribution < 1.29 is 9.90 Å². The number of nitrogens with zero attached hydrogens (tertiary/aromatic N) is 1. The average Bonchev–Trinajstić information content (AvgIpc) is 2.39. The first-order chi connectivity index (χ1) is 9.06. The third-order valence-corrected chi connectivity index (χ3v) is 3.41. The molecule has 0 spiro atoms. The van der Waals surface area contributed by atoms with Crippen LogP contribution in [0.25, 0.3) is 0 Å². The van der Waals surface area contributed by atoms with Crippen LogP contribution in [0.2, 0.25) is 0 Å². The largest absolute Gasteiger partial charge is 0.392 e. The monoisotopic (exact) mass is 338 g/mol. The topological polar surface area (TPSA) is 121 Å². The number of nitrogens with one attached hydrogen (secondary N) is 2. The number of nitrogens with two attached hydrogens (primary N) is 1. The maximum Gasteiger partial charge on any atom is 0.250 e. The number of rotatable bonds is 3. The lowest BCUT2D eigenvalue weighted by molar-refractivity contribution is -0.127. The number of halogens is 2. The van der Waals surface area contributed by atoms with Gasteiger partial charge in [0.05, 0.1) is 24.7 Å². The summed E-state index contributed by atoms with van der Waals surface area (Å²) in [5.41, 5.74) is 6.01. The highest BCUT2D eigenvalue weighted by atomic mass is 35.5. The molecule has 7 nitrogen and oxygen atoms in total. The van der Waals surface area contributed by atoms with E-state index in [4.69, 9.17) is 5.73 Å². The van der Waals surface area contributed by atoms with Crippen molar-refractivity contribution in [1.29, 1.82) is 0 Å². The van der Waals surface area contributed by atoms with Crippen LogP contribution in [0.1, 0.15) is 25.0 Å². The van der Waals surface area contributed by atoms with Gasteiger partial charge in [0.25, 0.3) is 5.56 Å². The van der Waals surface area contributed by atoms with Crippen molar-refractivity contribution >= 4 is 30.7 Å². The molecular weight excluding hydrogens is 319 g/mol. The van der Waals surface area contributed by atoms with Crippen LogP contribution in [-0.2, 0) is 11.3 Å². The molecule has 3 atom stereocenters. The third kappa shape index (κ3) is 5.62. The lowest BCUT2D eigenvalue weighted by atomic mass is 9.84. The predicted molar refractivity (Wildman–Crippen MR) is 82.5 cm³/mol. The van der Waals surface area contributed by atoms with Crippen LogP contribution in [-0.4, -0.2) is 33.1 Å². The Morgan fingerprint density at radius 3 is 2.81 bits per heavy atom. The Labute approximate surface area is 134 Å². The standard InChI is InChI=1S/C12H18N4O3.2ClH/c13-9-3-7(1-2-10(9)17)12(19)14-5-8-4-11(18)16-6-15-8;;/h4,6-7,9-10,17H,1-3,5,13H2,(H,14,19)(H,15,16,18);2*1H/t7-,9+,10+;;/m0../s1. The maximum absolute atomic E-state index is 11.9. The Balaban J connectivity index is 0.00000200. The zero-order chi connectivity index (χ0) is 13.8. The van der Waals surface area contributed by atoms with Gasteiger partial charge in [0.15, 0.2) is 0 Å². The van der Waals surface area contributed by atoms with Crippen molar-refractivity contribution in [2.24, 2.45) is 11.7 Å². The van der Waals surface area contributed by atoms with Gasteiger partial charge >= 0.3 is 0 Å². The summed E-state index contributed by atoms with van der Waals surface area (Å²) >= 11 is 0. The number of aliphatic hydroxyl groups is 1. The lowest BCUT2D eigenvalue weighted by Crippen LogP contribution is -2.44. The van der Waals surface area contributed by atoms with E-state index in [-0.39, 0.29) is 54.8 Å². The van der Waals surface area contributed by atoms with Gasteiger partial charge in [-0.1, -0.05) is 0 Å². The van der Waals surface area contributed by atoms with E-state index in [1.807, 2.05) is 0 Å². The smallest absolute Gasteiger partial charge is 0.250 e. The highest BCUT2D eigenvalue weighted by Crippen LogP contribution is 2.23. The van der Waals surface area contributed by atoms with Gasteiger partial charge in [0.1, 0.15) is 0 Å². The number of hydrogen-bond acceptors (Lipinski definition) is 5. The molecule has 1 amide bonds. The number of amides is 1. The van der Waals surface area contributed by atoms with Gasteiger partial charge in [0.2, 0.25) is 5.91 Å². The summed E-state index contributed by atoms with van der Waals surface area (Å²) in [4.78, 5) is 29.4. The molecule has 0 unspecified atom stereocenters. The molecule has 0 radical (unpaired) electrons. The molecule has 1 aliphatic rings. The molecule has 1 heterocycles. The molecule has 2 rings (SSSR count). The Bertz CT molecular complexity index is 511. The van der Waals surface area contributed by atoms with Gasteiger partial charge in [-0.2, -0.15) is 0 Å². The molecule has 120 valence electrons. The summed E-state index contributed by atoms with van der Waals surface area (Å²) in [6.45, 7) is 0.219. The van der Waals surface area contributed by atoms with E-state index in [0.29, 0.717) is 25.0 Å². The van der Waals surface area contributed by atoms with Crippen LogP contribution >= 0.6 is 24.8 Å². The van der Waals surface area contributed by atoms with Crippen LogP contribution in [0, 0.1) is 5.92 Å². The number of H-pyrrole nitrogens is 1. The molecule has 5 N–H and O–H groups in total. The third-order valence-electron chi connectivity index (χ3n) is 3.41. The summed E-state index contributed by atoms with van der Waals surface area (Å²) in [5.74, 6) is -0.287. The maximum atomic E-state index is 11.9. The Morgan fingerprint density at radius 1 is 1.48 bits per heavy atom. The number of carbonyl (C=O) groups excluding carboxylic acids is 1. The molecule has 0 aromatic carbocycles. The Hall–Kier alpha value is -1.15. The van der Waals surface area contributed by atoms with E-state index in [1.54, 1.807) is 0 Å². The molecule has 0 saturated heterocycles. The van der Waals surface area contributed by atoms with Crippen LogP contribution in [0.15, 0.2) is 17.2 Å². The van der Waals surface area contributed by atoms with Crippen LogP contribution in [0.5, 0.6) is 0 Å². The van der Waals surface area contributed by atoms with E-state index in [2.05, 4.69) is 15.3 Å². The van der Waals surface area contributed by atoms with Crippen molar-refractivity contribution in [2.45, 2.75) is 38.0 Å². The van der Waals surface area contributed by atoms with Gasteiger partial charge in [-0.05, 0) is 19.3 Å². The van der Waals surface area contributed by atoms with E-state index in [1.165, 1.54) is 12.4 Å². The summed E-state index contributed by atoms with van der Waals surface area (Å²) in [6.07, 6.45) is 2.44. The van der Waals surface area contributed by atoms with Gasteiger partial charge < -0.3 is 21.1 Å². The summed E-state index contributed by atoms with van der Waals surface area (Å²) in [5, 5.41) is 12.3. The minimum absolute atomic E-state index is 0. The van der Waals surface area contributed by atoms with Crippen molar-refractivity contribution in [3.05, 3.63) is 28.4 Å². The lowest BCUT2D eigenvalue weighted by Gasteiger charge is -2.29. The van der Waals surface area contributed by atoms with Gasteiger partial charge in [-0.15, -0.1) is 24.8 Å². The first-order valence-electron chi connectivity index (χ1n) is 6.31. The molecule has 1 aromatic rings. The summed E-state index contributed by atoms with van der Waals surface area (Å²) in [6, 6.07) is 0.999. The highest BCUT2D eigenvalue weighted by Gasteiger charge is 2.30. The van der Waals surface area contributed by atoms with E-state index in [9.17, 15) is 14.7 Å².